The molecule has 34 heavy (non-hydrogen) atoms. The number of hydrogen-bond donors (Lipinski definition) is 1. The zero-order valence-corrected chi connectivity index (χ0v) is 20.1. The third-order valence-electron chi connectivity index (χ3n) is 6.75. The van der Waals surface area contributed by atoms with Crippen LogP contribution in [0.4, 0.5) is 5.69 Å². The molecule has 1 N–H and O–H groups in total. The highest BCUT2D eigenvalue weighted by Gasteiger charge is 2.48. The minimum absolute atomic E-state index is 0.0202. The molecule has 2 unspecified atom stereocenters. The molecule has 0 spiro atoms. The number of nitrogens with zero attached hydrogens (tertiary/aromatic N) is 1. The number of cyclic esters (lactones) is 1. The zero-order valence-electron chi connectivity index (χ0n) is 20.1. The second-order valence-electron chi connectivity index (χ2n) is 9.20. The van der Waals surface area contributed by atoms with Crippen molar-refractivity contribution in [2.75, 3.05) is 18.2 Å². The number of aliphatic hydroxyl groups is 1. The van der Waals surface area contributed by atoms with E-state index in [9.17, 15) is 9.90 Å². The Morgan fingerprint density at radius 3 is 2.29 bits per heavy atom. The molecule has 0 radical (unpaired) electrons. The summed E-state index contributed by atoms with van der Waals surface area (Å²) in [4.78, 5) is 15.2. The normalized spacial score (nSPS) is 20.9. The van der Waals surface area contributed by atoms with Crippen molar-refractivity contribution in [3.8, 4) is 0 Å². The number of allylic oxidation sites excluding steroid dienone is 1. The van der Waals surface area contributed by atoms with Crippen molar-refractivity contribution in [2.24, 2.45) is 11.8 Å². The highest BCUT2D eigenvalue weighted by Crippen LogP contribution is 2.43. The van der Waals surface area contributed by atoms with Crippen molar-refractivity contribution in [1.82, 2.24) is 0 Å². The van der Waals surface area contributed by atoms with Gasteiger partial charge in [-0.3, -0.25) is 0 Å². The van der Waals surface area contributed by atoms with Crippen molar-refractivity contribution >= 4 is 11.7 Å². The number of para-hydroxylation sites is 1. The fourth-order valence-electron chi connectivity index (χ4n) is 4.82. The van der Waals surface area contributed by atoms with E-state index in [0.717, 1.165) is 17.0 Å². The monoisotopic (exact) mass is 463 g/mol. The van der Waals surface area contributed by atoms with Crippen LogP contribution < -0.4 is 4.90 Å². The van der Waals surface area contributed by atoms with Crippen molar-refractivity contribution in [2.45, 2.75) is 45.6 Å². The Morgan fingerprint density at radius 2 is 1.74 bits per heavy atom. The van der Waals surface area contributed by atoms with E-state index in [1.807, 2.05) is 69.3 Å². The average Bonchev–Trinajstić information content (AvgIpc) is 3.37. The quantitative estimate of drug-likeness (QED) is 0.480. The second-order valence-corrected chi connectivity index (χ2v) is 9.20. The van der Waals surface area contributed by atoms with Gasteiger partial charge >= 0.3 is 5.97 Å². The number of rotatable bonds is 9. The van der Waals surface area contributed by atoms with Crippen molar-refractivity contribution < 1.29 is 24.1 Å². The second kappa shape index (κ2) is 10.2. The Morgan fingerprint density at radius 1 is 1.06 bits per heavy atom. The van der Waals surface area contributed by atoms with Crippen molar-refractivity contribution in [3.05, 3.63) is 89.7 Å². The summed E-state index contributed by atoms with van der Waals surface area (Å²) in [5.74, 6) is 0.221. The standard InChI is InChI=1S/C28H33NO5/c1-4-29(23-13-9-6-10-14-23)26-24(30)17-28(20(2)3,34-27(26)31)16-22(25-18-32-19-33-25)15-21-11-7-5-8-12-21/h5-14,18,20,22,30H,4,15-17,19H2,1-3H3. The van der Waals surface area contributed by atoms with Gasteiger partial charge in [-0.15, -0.1) is 0 Å². The molecule has 2 aromatic carbocycles. The molecule has 2 heterocycles. The van der Waals surface area contributed by atoms with Crippen LogP contribution in [-0.4, -0.2) is 30.0 Å². The van der Waals surface area contributed by atoms with E-state index in [2.05, 4.69) is 12.1 Å². The van der Waals surface area contributed by atoms with Crippen LogP contribution in [0, 0.1) is 11.8 Å². The molecule has 6 heteroatoms. The molecular weight excluding hydrogens is 430 g/mol. The smallest absolute Gasteiger partial charge is 0.359 e. The number of likely N-dealkylation sites (N-methyl/N-ethyl adjacent to an activating group) is 1. The molecule has 2 aromatic rings. The van der Waals surface area contributed by atoms with Crippen LogP contribution in [0.25, 0.3) is 0 Å². The van der Waals surface area contributed by atoms with Gasteiger partial charge in [-0.05, 0) is 43.4 Å². The van der Waals surface area contributed by atoms with E-state index in [1.54, 1.807) is 11.2 Å². The molecular formula is C28H33NO5. The molecule has 0 saturated heterocycles. The number of benzene rings is 2. The molecule has 180 valence electrons. The van der Waals surface area contributed by atoms with Gasteiger partial charge in [0, 0.05) is 24.6 Å². The largest absolute Gasteiger partial charge is 0.510 e. The summed E-state index contributed by atoms with van der Waals surface area (Å²) in [6.07, 6.45) is 3.12. The third kappa shape index (κ3) is 4.91. The first-order valence-corrected chi connectivity index (χ1v) is 11.9. The lowest BCUT2D eigenvalue weighted by Gasteiger charge is -2.43. The molecule has 0 fully saturated rings. The first-order valence-electron chi connectivity index (χ1n) is 11.9. The fraction of sp³-hybridized carbons (Fsp3) is 0.393. The first kappa shape index (κ1) is 23.7. The summed E-state index contributed by atoms with van der Waals surface area (Å²) in [6, 6.07) is 19.7. The summed E-state index contributed by atoms with van der Waals surface area (Å²) < 4.78 is 17.3. The first-order chi connectivity index (χ1) is 16.4. The summed E-state index contributed by atoms with van der Waals surface area (Å²) in [5.41, 5.74) is 1.34. The Labute approximate surface area is 201 Å². The van der Waals surface area contributed by atoms with Crippen LogP contribution >= 0.6 is 0 Å². The molecule has 0 amide bonds. The summed E-state index contributed by atoms with van der Waals surface area (Å²) in [6.45, 7) is 6.72. The summed E-state index contributed by atoms with van der Waals surface area (Å²) in [7, 11) is 0. The van der Waals surface area contributed by atoms with Crippen LogP contribution in [0.2, 0.25) is 0 Å². The molecule has 2 atom stereocenters. The van der Waals surface area contributed by atoms with Gasteiger partial charge in [-0.25, -0.2) is 4.79 Å². The molecule has 0 saturated carbocycles. The van der Waals surface area contributed by atoms with Gasteiger partial charge in [0.15, 0.2) is 5.70 Å². The van der Waals surface area contributed by atoms with Gasteiger partial charge in [-0.1, -0.05) is 62.4 Å². The topological polar surface area (TPSA) is 68.2 Å². The summed E-state index contributed by atoms with van der Waals surface area (Å²) in [5, 5.41) is 11.2. The molecule has 6 nitrogen and oxygen atoms in total. The fourth-order valence-corrected chi connectivity index (χ4v) is 4.82. The number of hydrogen-bond acceptors (Lipinski definition) is 6. The zero-order chi connectivity index (χ0) is 24.1. The number of carbonyl (C=O) groups excluding carboxylic acids is 1. The van der Waals surface area contributed by atoms with E-state index in [0.29, 0.717) is 19.4 Å². The van der Waals surface area contributed by atoms with E-state index >= 15 is 0 Å². The van der Waals surface area contributed by atoms with Gasteiger partial charge < -0.3 is 24.2 Å². The Balaban J connectivity index is 1.65. The summed E-state index contributed by atoms with van der Waals surface area (Å²) >= 11 is 0. The Kier molecular flexibility index (Phi) is 7.15. The Bertz CT molecular complexity index is 1050. The lowest BCUT2D eigenvalue weighted by molar-refractivity contribution is -0.167. The molecule has 0 aromatic heterocycles. The number of anilines is 1. The number of aliphatic hydroxyl groups excluding tert-OH is 1. The van der Waals surface area contributed by atoms with Crippen molar-refractivity contribution in [3.63, 3.8) is 0 Å². The molecule has 0 bridgehead atoms. The van der Waals surface area contributed by atoms with E-state index in [1.165, 1.54) is 0 Å². The third-order valence-corrected chi connectivity index (χ3v) is 6.75. The van der Waals surface area contributed by atoms with Crippen LogP contribution in [0.3, 0.4) is 0 Å². The predicted octanol–water partition coefficient (Wildman–Crippen LogP) is 5.72. The molecule has 2 aliphatic rings. The molecule has 4 rings (SSSR count). The maximum Gasteiger partial charge on any atom is 0.359 e. The predicted molar refractivity (Wildman–Crippen MR) is 131 cm³/mol. The van der Waals surface area contributed by atoms with Crippen LogP contribution in [0.1, 0.15) is 39.2 Å². The number of carbonyl (C=O) groups is 1. The Hall–Kier alpha value is -3.41. The van der Waals surface area contributed by atoms with Crippen LogP contribution in [0.15, 0.2) is 84.1 Å². The molecule has 0 aliphatic carbocycles. The number of ether oxygens (including phenoxy) is 3. The van der Waals surface area contributed by atoms with Gasteiger partial charge in [-0.2, -0.15) is 0 Å². The number of esters is 1. The van der Waals surface area contributed by atoms with Gasteiger partial charge in [0.05, 0.1) is 0 Å². The van der Waals surface area contributed by atoms with Crippen LogP contribution in [0.5, 0.6) is 0 Å². The molecule has 2 aliphatic heterocycles. The minimum atomic E-state index is -0.868. The van der Waals surface area contributed by atoms with E-state index in [4.69, 9.17) is 14.2 Å². The average molecular weight is 464 g/mol. The lowest BCUT2D eigenvalue weighted by Crippen LogP contribution is -2.48. The maximum absolute atomic E-state index is 13.4. The maximum atomic E-state index is 13.4. The highest BCUT2D eigenvalue weighted by atomic mass is 16.7. The highest BCUT2D eigenvalue weighted by molar-refractivity contribution is 5.94. The van der Waals surface area contributed by atoms with Gasteiger partial charge in [0.1, 0.15) is 23.4 Å². The minimum Gasteiger partial charge on any atom is -0.510 e. The van der Waals surface area contributed by atoms with Gasteiger partial charge in [0.2, 0.25) is 6.79 Å². The van der Waals surface area contributed by atoms with E-state index in [-0.39, 0.29) is 36.5 Å². The van der Waals surface area contributed by atoms with E-state index < -0.39 is 11.6 Å². The van der Waals surface area contributed by atoms with Gasteiger partial charge in [0.25, 0.3) is 0 Å². The van der Waals surface area contributed by atoms with Crippen molar-refractivity contribution in [1.29, 1.82) is 0 Å². The van der Waals surface area contributed by atoms with Crippen LogP contribution in [-0.2, 0) is 25.4 Å². The SMILES string of the molecule is CCN(C1=C(O)CC(CC(Cc2ccccc2)C2=COCO2)(C(C)C)OC1=O)c1ccccc1. The lowest BCUT2D eigenvalue weighted by atomic mass is 9.75.